The van der Waals surface area contributed by atoms with Crippen LogP contribution in [0.25, 0.3) is 0 Å². The van der Waals surface area contributed by atoms with Gasteiger partial charge in [0.15, 0.2) is 0 Å². The Kier molecular flexibility index (Phi) is 7.63. The van der Waals surface area contributed by atoms with Crippen molar-refractivity contribution in [2.75, 3.05) is 43.6 Å². The van der Waals surface area contributed by atoms with Crippen molar-refractivity contribution in [3.63, 3.8) is 0 Å². The lowest BCUT2D eigenvalue weighted by atomic mass is 10.2. The van der Waals surface area contributed by atoms with Crippen LogP contribution in [0.5, 0.6) is 0 Å². The molecule has 0 bridgehead atoms. The van der Waals surface area contributed by atoms with E-state index in [1.807, 2.05) is 6.92 Å². The van der Waals surface area contributed by atoms with Gasteiger partial charge in [0.25, 0.3) is 10.0 Å². The average molecular weight is 480 g/mol. The first-order valence-electron chi connectivity index (χ1n) is 10.3. The summed E-state index contributed by atoms with van der Waals surface area (Å²) < 4.78 is 32.9. The molecule has 1 fully saturated rings. The zero-order valence-corrected chi connectivity index (χ0v) is 19.6. The molecule has 0 radical (unpaired) electrons. The van der Waals surface area contributed by atoms with Crippen molar-refractivity contribution in [1.29, 1.82) is 0 Å². The Labute approximate surface area is 193 Å². The summed E-state index contributed by atoms with van der Waals surface area (Å²) in [5, 5.41) is 0.461. The van der Waals surface area contributed by atoms with E-state index in [0.717, 1.165) is 9.87 Å². The van der Waals surface area contributed by atoms with Gasteiger partial charge in [0, 0.05) is 31.2 Å². The predicted molar refractivity (Wildman–Crippen MR) is 122 cm³/mol. The molecule has 0 aromatic heterocycles. The van der Waals surface area contributed by atoms with Crippen molar-refractivity contribution in [3.8, 4) is 0 Å². The van der Waals surface area contributed by atoms with Crippen molar-refractivity contribution in [1.82, 2.24) is 9.80 Å². The molecule has 2 aromatic rings. The summed E-state index contributed by atoms with van der Waals surface area (Å²) in [6, 6.07) is 12.8. The number of carbonyl (C=O) groups excluding carboxylic acids is 2. The van der Waals surface area contributed by atoms with Crippen molar-refractivity contribution in [2.24, 2.45) is 0 Å². The van der Waals surface area contributed by atoms with Crippen LogP contribution in [0.4, 0.5) is 10.5 Å². The molecule has 0 saturated carbocycles. The van der Waals surface area contributed by atoms with Crippen molar-refractivity contribution in [2.45, 2.75) is 18.7 Å². The number of rotatable bonds is 6. The number of piperazine rings is 1. The van der Waals surface area contributed by atoms with E-state index in [2.05, 4.69) is 0 Å². The Bertz CT molecular complexity index is 1050. The average Bonchev–Trinajstić information content (AvgIpc) is 2.78. The summed E-state index contributed by atoms with van der Waals surface area (Å²) in [5.41, 5.74) is 1.27. The van der Waals surface area contributed by atoms with Gasteiger partial charge >= 0.3 is 6.09 Å². The lowest BCUT2D eigenvalue weighted by molar-refractivity contribution is -0.131. The maximum atomic E-state index is 13.4. The topological polar surface area (TPSA) is 87.2 Å². The van der Waals surface area contributed by atoms with Crippen LogP contribution >= 0.6 is 11.6 Å². The molecule has 1 aliphatic heterocycles. The van der Waals surface area contributed by atoms with Crippen molar-refractivity contribution >= 4 is 39.3 Å². The number of ether oxygens (including phenoxy) is 1. The molecule has 3 rings (SSSR count). The number of halogens is 1. The normalized spacial score (nSPS) is 14.2. The van der Waals surface area contributed by atoms with E-state index in [0.29, 0.717) is 36.9 Å². The number of anilines is 1. The first-order chi connectivity index (χ1) is 15.2. The van der Waals surface area contributed by atoms with E-state index in [4.69, 9.17) is 16.3 Å². The third-order valence-corrected chi connectivity index (χ3v) is 7.20. The molecule has 1 saturated heterocycles. The van der Waals surface area contributed by atoms with Crippen LogP contribution in [0.3, 0.4) is 0 Å². The van der Waals surface area contributed by atoms with Gasteiger partial charge in [0.05, 0.1) is 17.2 Å². The van der Waals surface area contributed by atoms with Crippen LogP contribution in [-0.4, -0.2) is 69.5 Å². The maximum absolute atomic E-state index is 13.4. The number of hydrogen-bond donors (Lipinski definition) is 0. The second-order valence-electron chi connectivity index (χ2n) is 7.37. The summed E-state index contributed by atoms with van der Waals surface area (Å²) in [6.45, 7) is 4.78. The summed E-state index contributed by atoms with van der Waals surface area (Å²) in [5.74, 6) is -0.348. The maximum Gasteiger partial charge on any atom is 0.409 e. The summed E-state index contributed by atoms with van der Waals surface area (Å²) >= 11 is 5.97. The Morgan fingerprint density at radius 1 is 0.969 bits per heavy atom. The largest absolute Gasteiger partial charge is 0.450 e. The van der Waals surface area contributed by atoms with E-state index in [1.165, 1.54) is 17.0 Å². The van der Waals surface area contributed by atoms with E-state index < -0.39 is 16.1 Å². The summed E-state index contributed by atoms with van der Waals surface area (Å²) in [7, 11) is -3.99. The Balaban J connectivity index is 1.80. The SMILES string of the molecule is CCOC(=O)N1CCN(C(=O)CN(c2ccc(Cl)cc2)S(=O)(=O)c2ccc(C)cc2)CC1. The van der Waals surface area contributed by atoms with Gasteiger partial charge in [-0.15, -0.1) is 0 Å². The molecule has 2 amide bonds. The molecule has 0 spiro atoms. The Morgan fingerprint density at radius 3 is 2.09 bits per heavy atom. The van der Waals surface area contributed by atoms with Crippen LogP contribution in [0, 0.1) is 6.92 Å². The van der Waals surface area contributed by atoms with E-state index in [9.17, 15) is 18.0 Å². The summed E-state index contributed by atoms with van der Waals surface area (Å²) in [4.78, 5) is 28.1. The molecular weight excluding hydrogens is 454 g/mol. The lowest BCUT2D eigenvalue weighted by Crippen LogP contribution is -2.53. The number of aryl methyl sites for hydroxylation is 1. The fourth-order valence-corrected chi connectivity index (χ4v) is 4.88. The zero-order chi connectivity index (χ0) is 23.3. The monoisotopic (exact) mass is 479 g/mol. The van der Waals surface area contributed by atoms with E-state index in [1.54, 1.807) is 48.2 Å². The standard InChI is InChI=1S/C22H26ClN3O5S/c1-3-31-22(28)25-14-12-24(13-15-25)21(27)16-26(19-8-6-18(23)7-9-19)32(29,30)20-10-4-17(2)5-11-20/h4-11H,3,12-16H2,1-2H3. The molecule has 0 unspecified atom stereocenters. The molecule has 10 heteroatoms. The number of benzene rings is 2. The minimum atomic E-state index is -3.99. The fraction of sp³-hybridized carbons (Fsp3) is 0.364. The highest BCUT2D eigenvalue weighted by molar-refractivity contribution is 7.92. The molecule has 32 heavy (non-hydrogen) atoms. The smallest absolute Gasteiger partial charge is 0.409 e. The van der Waals surface area contributed by atoms with Crippen LogP contribution in [0.1, 0.15) is 12.5 Å². The molecule has 0 N–H and O–H groups in total. The van der Waals surface area contributed by atoms with Crippen molar-refractivity contribution < 1.29 is 22.7 Å². The highest BCUT2D eigenvalue weighted by Gasteiger charge is 2.31. The molecule has 1 aliphatic rings. The third-order valence-electron chi connectivity index (χ3n) is 5.16. The second-order valence-corrected chi connectivity index (χ2v) is 9.67. The Morgan fingerprint density at radius 2 is 1.53 bits per heavy atom. The number of hydrogen-bond acceptors (Lipinski definition) is 5. The fourth-order valence-electron chi connectivity index (χ4n) is 3.34. The number of sulfonamides is 1. The number of carbonyl (C=O) groups is 2. The second kappa shape index (κ2) is 10.2. The highest BCUT2D eigenvalue weighted by atomic mass is 35.5. The molecule has 172 valence electrons. The Hall–Kier alpha value is -2.78. The van der Waals surface area contributed by atoms with Gasteiger partial charge in [-0.05, 0) is 50.2 Å². The molecule has 0 aliphatic carbocycles. The van der Waals surface area contributed by atoms with Gasteiger partial charge in [-0.2, -0.15) is 0 Å². The first kappa shape index (κ1) is 23.9. The van der Waals surface area contributed by atoms with Crippen LogP contribution in [0.2, 0.25) is 5.02 Å². The minimum Gasteiger partial charge on any atom is -0.450 e. The molecule has 8 nitrogen and oxygen atoms in total. The zero-order valence-electron chi connectivity index (χ0n) is 18.0. The number of amides is 2. The number of nitrogens with zero attached hydrogens (tertiary/aromatic N) is 3. The summed E-state index contributed by atoms with van der Waals surface area (Å²) in [6.07, 6.45) is -0.413. The molecule has 2 aromatic carbocycles. The van der Waals surface area contributed by atoms with Gasteiger partial charge in [0.2, 0.25) is 5.91 Å². The molecule has 1 heterocycles. The predicted octanol–water partition coefficient (Wildman–Crippen LogP) is 3.14. The third kappa shape index (κ3) is 5.52. The van der Waals surface area contributed by atoms with Crippen molar-refractivity contribution in [3.05, 3.63) is 59.1 Å². The molecular formula is C22H26ClN3O5S. The first-order valence-corrected chi connectivity index (χ1v) is 12.1. The van der Waals surface area contributed by atoms with Gasteiger partial charge in [-0.3, -0.25) is 9.10 Å². The van der Waals surface area contributed by atoms with Gasteiger partial charge in [0.1, 0.15) is 6.54 Å². The van der Waals surface area contributed by atoms with Crippen LogP contribution in [0.15, 0.2) is 53.4 Å². The van der Waals surface area contributed by atoms with Gasteiger partial charge in [-0.25, -0.2) is 13.2 Å². The van der Waals surface area contributed by atoms with E-state index in [-0.39, 0.29) is 24.0 Å². The van der Waals surface area contributed by atoms with Crippen LogP contribution in [-0.2, 0) is 19.6 Å². The lowest BCUT2D eigenvalue weighted by Gasteiger charge is -2.35. The van der Waals surface area contributed by atoms with Crippen LogP contribution < -0.4 is 4.31 Å². The quantitative estimate of drug-likeness (QED) is 0.635. The van der Waals surface area contributed by atoms with Gasteiger partial charge < -0.3 is 14.5 Å². The molecule has 0 atom stereocenters. The minimum absolute atomic E-state index is 0.0954. The van der Waals surface area contributed by atoms with E-state index >= 15 is 0 Å². The van der Waals surface area contributed by atoms with Gasteiger partial charge in [-0.1, -0.05) is 29.3 Å². The highest BCUT2D eigenvalue weighted by Crippen LogP contribution is 2.26.